The molecule has 4 aromatic carbocycles. The van der Waals surface area contributed by atoms with Gasteiger partial charge in [-0.05, 0) is 53.9 Å². The maximum absolute atomic E-state index is 13.9. The summed E-state index contributed by atoms with van der Waals surface area (Å²) in [7, 11) is -4.16. The Morgan fingerprint density at radius 2 is 1.53 bits per heavy atom. The number of nitrogens with zero attached hydrogens (tertiary/aromatic N) is 1. The maximum atomic E-state index is 13.9. The van der Waals surface area contributed by atoms with Crippen LogP contribution in [0.4, 0.5) is 10.1 Å². The molecule has 0 unspecified atom stereocenters. The van der Waals surface area contributed by atoms with Gasteiger partial charge in [-0.15, -0.1) is 0 Å². The van der Waals surface area contributed by atoms with Gasteiger partial charge in [0.25, 0.3) is 10.0 Å². The zero-order chi connectivity index (χ0) is 25.7. The van der Waals surface area contributed by atoms with Gasteiger partial charge >= 0.3 is 0 Å². The normalized spacial score (nSPS) is 12.1. The Labute approximate surface area is 215 Å². The standard InChI is InChI=1S/C28H24ClFN2O3S/c1-20-10-8-9-15-24(20)28(21-11-4-2-5-12-21)31-27(33)19-32(22-16-17-26(30)25(29)18-22)36(34,35)23-13-6-3-7-14-23/h2-18,28H,19H2,1H3,(H,31,33)/t28-/m0/s1. The Hall–Kier alpha value is -3.68. The quantitative estimate of drug-likeness (QED) is 0.314. The number of rotatable bonds is 8. The molecule has 36 heavy (non-hydrogen) atoms. The molecule has 0 bridgehead atoms. The molecule has 0 aliphatic rings. The number of aryl methyl sites for hydroxylation is 1. The molecule has 0 radical (unpaired) electrons. The highest BCUT2D eigenvalue weighted by Crippen LogP contribution is 2.29. The fourth-order valence-electron chi connectivity index (χ4n) is 3.91. The van der Waals surface area contributed by atoms with Crippen LogP contribution in [0.1, 0.15) is 22.7 Å². The SMILES string of the molecule is Cc1ccccc1[C@@H](NC(=O)CN(c1ccc(F)c(Cl)c1)S(=O)(=O)c1ccccc1)c1ccccc1. The number of anilines is 1. The van der Waals surface area contributed by atoms with Crippen molar-refractivity contribution in [2.45, 2.75) is 17.9 Å². The third kappa shape index (κ3) is 5.58. The van der Waals surface area contributed by atoms with Gasteiger partial charge in [-0.25, -0.2) is 12.8 Å². The molecule has 0 heterocycles. The van der Waals surface area contributed by atoms with Gasteiger partial charge in [-0.3, -0.25) is 9.10 Å². The Bertz CT molecular complexity index is 1460. The molecule has 1 amide bonds. The van der Waals surface area contributed by atoms with E-state index in [0.717, 1.165) is 27.1 Å². The molecular formula is C28H24ClFN2O3S. The van der Waals surface area contributed by atoms with E-state index < -0.39 is 34.3 Å². The van der Waals surface area contributed by atoms with Crippen LogP contribution in [0, 0.1) is 12.7 Å². The van der Waals surface area contributed by atoms with Crippen LogP contribution in [0.25, 0.3) is 0 Å². The molecule has 0 aromatic heterocycles. The van der Waals surface area contributed by atoms with E-state index in [1.165, 1.54) is 24.3 Å². The van der Waals surface area contributed by atoms with Crippen molar-refractivity contribution >= 4 is 33.2 Å². The van der Waals surface area contributed by atoms with E-state index >= 15 is 0 Å². The number of amides is 1. The largest absolute Gasteiger partial charge is 0.344 e. The molecule has 0 spiro atoms. The predicted octanol–water partition coefficient (Wildman–Crippen LogP) is 5.89. The van der Waals surface area contributed by atoms with Gasteiger partial charge in [-0.1, -0.05) is 84.4 Å². The topological polar surface area (TPSA) is 66.5 Å². The van der Waals surface area contributed by atoms with Gasteiger partial charge in [0.1, 0.15) is 12.4 Å². The minimum atomic E-state index is -4.16. The van der Waals surface area contributed by atoms with Gasteiger partial charge in [0.15, 0.2) is 0 Å². The van der Waals surface area contributed by atoms with Gasteiger partial charge in [0.2, 0.25) is 5.91 Å². The van der Waals surface area contributed by atoms with E-state index in [1.54, 1.807) is 18.2 Å². The summed E-state index contributed by atoms with van der Waals surface area (Å²) in [6, 6.07) is 27.9. The third-order valence-corrected chi connectivity index (χ3v) is 7.83. The van der Waals surface area contributed by atoms with Crippen LogP contribution in [0.15, 0.2) is 108 Å². The molecule has 4 aromatic rings. The van der Waals surface area contributed by atoms with Crippen LogP contribution >= 0.6 is 11.6 Å². The monoisotopic (exact) mass is 522 g/mol. The average Bonchev–Trinajstić information content (AvgIpc) is 2.89. The van der Waals surface area contributed by atoms with Crippen molar-refractivity contribution in [3.63, 3.8) is 0 Å². The molecule has 1 N–H and O–H groups in total. The first-order valence-corrected chi connectivity index (χ1v) is 13.0. The number of sulfonamides is 1. The second-order valence-electron chi connectivity index (χ2n) is 8.19. The molecule has 8 heteroatoms. The summed E-state index contributed by atoms with van der Waals surface area (Å²) in [4.78, 5) is 13.4. The van der Waals surface area contributed by atoms with Gasteiger partial charge < -0.3 is 5.32 Å². The Balaban J connectivity index is 1.71. The molecule has 184 valence electrons. The Kier molecular flexibility index (Phi) is 7.72. The van der Waals surface area contributed by atoms with Crippen LogP contribution in [0.3, 0.4) is 0 Å². The molecule has 0 aliphatic carbocycles. The van der Waals surface area contributed by atoms with E-state index in [1.807, 2.05) is 61.5 Å². The average molecular weight is 523 g/mol. The first-order chi connectivity index (χ1) is 17.3. The van der Waals surface area contributed by atoms with E-state index in [2.05, 4.69) is 5.32 Å². The van der Waals surface area contributed by atoms with Crippen molar-refractivity contribution in [1.29, 1.82) is 0 Å². The van der Waals surface area contributed by atoms with Crippen LogP contribution in [0.5, 0.6) is 0 Å². The predicted molar refractivity (Wildman–Crippen MR) is 140 cm³/mol. The van der Waals surface area contributed by atoms with E-state index in [0.29, 0.717) is 0 Å². The summed E-state index contributed by atoms with van der Waals surface area (Å²) in [6.07, 6.45) is 0. The number of hydrogen-bond acceptors (Lipinski definition) is 3. The zero-order valence-electron chi connectivity index (χ0n) is 19.4. The van der Waals surface area contributed by atoms with E-state index in [4.69, 9.17) is 11.6 Å². The third-order valence-electron chi connectivity index (χ3n) is 5.75. The molecule has 0 aliphatic heterocycles. The lowest BCUT2D eigenvalue weighted by atomic mass is 9.95. The lowest BCUT2D eigenvalue weighted by Crippen LogP contribution is -2.42. The highest BCUT2D eigenvalue weighted by atomic mass is 35.5. The van der Waals surface area contributed by atoms with E-state index in [9.17, 15) is 17.6 Å². The summed E-state index contributed by atoms with van der Waals surface area (Å²) >= 11 is 5.96. The lowest BCUT2D eigenvalue weighted by Gasteiger charge is -2.27. The van der Waals surface area contributed by atoms with Crippen molar-refractivity contribution in [3.05, 3.63) is 131 Å². The zero-order valence-corrected chi connectivity index (χ0v) is 21.0. The molecule has 0 saturated heterocycles. The lowest BCUT2D eigenvalue weighted by molar-refractivity contribution is -0.120. The summed E-state index contributed by atoms with van der Waals surface area (Å²) < 4.78 is 41.9. The smallest absolute Gasteiger partial charge is 0.264 e. The first-order valence-electron chi connectivity index (χ1n) is 11.2. The van der Waals surface area contributed by atoms with Crippen LogP contribution in [-0.2, 0) is 14.8 Å². The first kappa shape index (κ1) is 25.4. The molecule has 1 atom stereocenters. The summed E-state index contributed by atoms with van der Waals surface area (Å²) in [5.41, 5.74) is 2.79. The van der Waals surface area contributed by atoms with Crippen molar-refractivity contribution in [2.24, 2.45) is 0 Å². The number of carbonyl (C=O) groups is 1. The fraction of sp³-hybridized carbons (Fsp3) is 0.107. The summed E-state index contributed by atoms with van der Waals surface area (Å²) in [5, 5.41) is 2.74. The Morgan fingerprint density at radius 1 is 0.917 bits per heavy atom. The number of carbonyl (C=O) groups excluding carboxylic acids is 1. The second kappa shape index (κ2) is 10.9. The molecular weight excluding hydrogens is 499 g/mol. The highest BCUT2D eigenvalue weighted by Gasteiger charge is 2.29. The van der Waals surface area contributed by atoms with Crippen LogP contribution in [0.2, 0.25) is 5.02 Å². The summed E-state index contributed by atoms with van der Waals surface area (Å²) in [6.45, 7) is 1.42. The van der Waals surface area contributed by atoms with Gasteiger partial charge in [-0.2, -0.15) is 0 Å². The van der Waals surface area contributed by atoms with Gasteiger partial charge in [0.05, 0.1) is 21.6 Å². The molecule has 4 rings (SSSR count). The fourth-order valence-corrected chi connectivity index (χ4v) is 5.52. The number of hydrogen-bond donors (Lipinski definition) is 1. The second-order valence-corrected chi connectivity index (χ2v) is 10.5. The number of nitrogens with one attached hydrogen (secondary N) is 1. The van der Waals surface area contributed by atoms with E-state index in [-0.39, 0.29) is 15.6 Å². The minimum Gasteiger partial charge on any atom is -0.344 e. The van der Waals surface area contributed by atoms with Crippen molar-refractivity contribution in [1.82, 2.24) is 5.32 Å². The van der Waals surface area contributed by atoms with Crippen molar-refractivity contribution < 1.29 is 17.6 Å². The van der Waals surface area contributed by atoms with Crippen molar-refractivity contribution in [3.8, 4) is 0 Å². The Morgan fingerprint density at radius 3 is 2.17 bits per heavy atom. The van der Waals surface area contributed by atoms with Gasteiger partial charge in [0, 0.05) is 0 Å². The molecule has 0 saturated carbocycles. The van der Waals surface area contributed by atoms with Crippen molar-refractivity contribution in [2.75, 3.05) is 10.8 Å². The molecule has 0 fully saturated rings. The molecule has 5 nitrogen and oxygen atoms in total. The van der Waals surface area contributed by atoms with Crippen LogP contribution < -0.4 is 9.62 Å². The highest BCUT2D eigenvalue weighted by molar-refractivity contribution is 7.92. The number of benzene rings is 4. The van der Waals surface area contributed by atoms with Crippen LogP contribution in [-0.4, -0.2) is 20.9 Å². The maximum Gasteiger partial charge on any atom is 0.264 e. The number of halogens is 2. The minimum absolute atomic E-state index is 0.00300. The summed E-state index contributed by atoms with van der Waals surface area (Å²) in [5.74, 6) is -1.22.